The topological polar surface area (TPSA) is 56.1 Å². The predicted octanol–water partition coefficient (Wildman–Crippen LogP) is 1.17. The molecule has 1 N–H and O–H groups in total. The first-order valence-corrected chi connectivity index (χ1v) is 5.37. The van der Waals surface area contributed by atoms with Crippen LogP contribution in [-0.2, 0) is 9.84 Å². The van der Waals surface area contributed by atoms with Gasteiger partial charge in [-0.3, -0.25) is 0 Å². The molecule has 0 radical (unpaired) electrons. The Balaban J connectivity index is 2.46. The van der Waals surface area contributed by atoms with Crippen molar-refractivity contribution in [1.82, 2.24) is 5.32 Å². The van der Waals surface area contributed by atoms with Gasteiger partial charge in [-0.1, -0.05) is 17.7 Å². The summed E-state index contributed by atoms with van der Waals surface area (Å²) in [5.41, 5.74) is 1.05. The zero-order valence-electron chi connectivity index (χ0n) is 7.11. The molecule has 1 aromatic rings. The Morgan fingerprint density at radius 1 is 1.15 bits per heavy atom. The summed E-state index contributed by atoms with van der Waals surface area (Å²) in [6.07, 6.45) is 1.48. The molecule has 0 bridgehead atoms. The van der Waals surface area contributed by atoms with Gasteiger partial charge in [-0.15, -0.1) is 0 Å². The Labute approximate surface area is 77.0 Å². The first kappa shape index (κ1) is 8.31. The fraction of sp³-hybridized carbons (Fsp3) is 0.111. The molecule has 0 amide bonds. The minimum atomic E-state index is -3.23. The Morgan fingerprint density at radius 3 is 2.15 bits per heavy atom. The zero-order chi connectivity index (χ0) is 9.47. The Kier molecular flexibility index (Phi) is 1.66. The van der Waals surface area contributed by atoms with E-state index in [0.29, 0.717) is 9.92 Å². The lowest BCUT2D eigenvalue weighted by molar-refractivity contribution is 0.602. The number of hydrogen-bond donors (Lipinski definition) is 1. The van der Waals surface area contributed by atoms with Crippen LogP contribution in [0.3, 0.4) is 0 Å². The quantitative estimate of drug-likeness (QED) is 0.770. The highest BCUT2D eigenvalue weighted by Crippen LogP contribution is 2.22. The standard InChI is InChI=1S/C9H9NO2S/c1-7-2-4-8(5-3-7)13(11,12)9-6-10-9/h2-6,10H,1H3. The van der Waals surface area contributed by atoms with Crippen molar-refractivity contribution in [3.8, 4) is 0 Å². The van der Waals surface area contributed by atoms with Crippen LogP contribution in [0.4, 0.5) is 0 Å². The SMILES string of the molecule is Cc1ccc(S(=O)(=O)C2=CN2)cc1. The third-order valence-corrected chi connectivity index (χ3v) is 3.59. The fourth-order valence-electron chi connectivity index (χ4n) is 1.03. The average molecular weight is 195 g/mol. The van der Waals surface area contributed by atoms with E-state index in [-0.39, 0.29) is 0 Å². The molecular formula is C9H9NO2S. The van der Waals surface area contributed by atoms with Crippen molar-refractivity contribution in [3.05, 3.63) is 41.1 Å². The van der Waals surface area contributed by atoms with Crippen molar-refractivity contribution < 1.29 is 8.42 Å². The lowest BCUT2D eigenvalue weighted by atomic mass is 10.2. The first-order valence-electron chi connectivity index (χ1n) is 3.89. The van der Waals surface area contributed by atoms with Gasteiger partial charge in [-0.25, -0.2) is 8.42 Å². The van der Waals surface area contributed by atoms with Crippen molar-refractivity contribution in [2.45, 2.75) is 11.8 Å². The summed E-state index contributed by atoms with van der Waals surface area (Å²) in [6.45, 7) is 1.92. The highest BCUT2D eigenvalue weighted by molar-refractivity contribution is 7.95. The van der Waals surface area contributed by atoms with Gasteiger partial charge in [0.1, 0.15) is 0 Å². The van der Waals surface area contributed by atoms with E-state index < -0.39 is 9.84 Å². The number of rotatable bonds is 2. The van der Waals surface area contributed by atoms with Gasteiger partial charge in [0.2, 0.25) is 9.84 Å². The summed E-state index contributed by atoms with van der Waals surface area (Å²) in [5.74, 6) is 0. The summed E-state index contributed by atoms with van der Waals surface area (Å²) in [4.78, 5) is 0.342. The largest absolute Gasteiger partial charge is 0.348 e. The number of hydrogen-bond acceptors (Lipinski definition) is 3. The molecule has 1 aromatic carbocycles. The second kappa shape index (κ2) is 2.60. The van der Waals surface area contributed by atoms with Crippen molar-refractivity contribution in [2.24, 2.45) is 0 Å². The zero-order valence-corrected chi connectivity index (χ0v) is 7.93. The van der Waals surface area contributed by atoms with E-state index >= 15 is 0 Å². The van der Waals surface area contributed by atoms with E-state index in [9.17, 15) is 8.42 Å². The number of sulfone groups is 1. The van der Waals surface area contributed by atoms with E-state index in [1.807, 2.05) is 6.92 Å². The molecular weight excluding hydrogens is 186 g/mol. The minimum Gasteiger partial charge on any atom is -0.348 e. The van der Waals surface area contributed by atoms with E-state index in [0.717, 1.165) is 5.56 Å². The van der Waals surface area contributed by atoms with Crippen LogP contribution in [0.5, 0.6) is 0 Å². The second-order valence-corrected chi connectivity index (χ2v) is 4.89. The summed E-state index contributed by atoms with van der Waals surface area (Å²) in [7, 11) is -3.23. The molecule has 1 aliphatic heterocycles. The molecule has 0 aromatic heterocycles. The monoisotopic (exact) mass is 195 g/mol. The third kappa shape index (κ3) is 1.45. The number of aryl methyl sites for hydroxylation is 1. The van der Waals surface area contributed by atoms with Gasteiger partial charge in [-0.2, -0.15) is 0 Å². The van der Waals surface area contributed by atoms with Crippen molar-refractivity contribution in [3.63, 3.8) is 0 Å². The van der Waals surface area contributed by atoms with Crippen LogP contribution in [-0.4, -0.2) is 8.42 Å². The maximum Gasteiger partial charge on any atom is 0.223 e. The Bertz CT molecular complexity index is 457. The van der Waals surface area contributed by atoms with Crippen molar-refractivity contribution in [2.75, 3.05) is 0 Å². The molecule has 1 aliphatic rings. The van der Waals surface area contributed by atoms with Gasteiger partial charge in [0.05, 0.1) is 4.90 Å². The van der Waals surface area contributed by atoms with Gasteiger partial charge >= 0.3 is 0 Å². The molecule has 0 spiro atoms. The van der Waals surface area contributed by atoms with Gasteiger partial charge in [-0.05, 0) is 19.1 Å². The summed E-state index contributed by atoms with van der Waals surface area (Å²) < 4.78 is 23.1. The molecule has 1 heterocycles. The maximum atomic E-state index is 11.6. The molecule has 0 saturated heterocycles. The third-order valence-electron chi connectivity index (χ3n) is 1.88. The summed E-state index contributed by atoms with van der Waals surface area (Å²) >= 11 is 0. The van der Waals surface area contributed by atoms with Gasteiger partial charge in [0.25, 0.3) is 0 Å². The fourth-order valence-corrected chi connectivity index (χ4v) is 2.15. The van der Waals surface area contributed by atoms with Crippen LogP contribution in [0.1, 0.15) is 5.56 Å². The molecule has 0 aliphatic carbocycles. The maximum absolute atomic E-state index is 11.6. The smallest absolute Gasteiger partial charge is 0.223 e. The number of benzene rings is 1. The first-order chi connectivity index (χ1) is 6.10. The van der Waals surface area contributed by atoms with E-state index in [1.54, 1.807) is 24.3 Å². The lowest BCUT2D eigenvalue weighted by Gasteiger charge is -1.99. The van der Waals surface area contributed by atoms with Crippen molar-refractivity contribution in [1.29, 1.82) is 0 Å². The normalized spacial score (nSPS) is 14.7. The van der Waals surface area contributed by atoms with Crippen LogP contribution in [0, 0.1) is 6.92 Å². The lowest BCUT2D eigenvalue weighted by Crippen LogP contribution is -2.01. The van der Waals surface area contributed by atoms with Gasteiger partial charge in [0.15, 0.2) is 5.03 Å². The molecule has 68 valence electrons. The van der Waals surface area contributed by atoms with Crippen LogP contribution in [0.25, 0.3) is 0 Å². The van der Waals surface area contributed by atoms with E-state index in [2.05, 4.69) is 5.32 Å². The number of nitrogens with one attached hydrogen (secondary N) is 1. The van der Waals surface area contributed by atoms with Gasteiger partial charge < -0.3 is 5.32 Å². The van der Waals surface area contributed by atoms with Gasteiger partial charge in [0, 0.05) is 6.20 Å². The van der Waals surface area contributed by atoms with Crippen LogP contribution < -0.4 is 5.32 Å². The van der Waals surface area contributed by atoms with Crippen LogP contribution in [0.15, 0.2) is 40.4 Å². The Morgan fingerprint density at radius 2 is 1.69 bits per heavy atom. The van der Waals surface area contributed by atoms with E-state index in [4.69, 9.17) is 0 Å². The molecule has 4 heteroatoms. The highest BCUT2D eigenvalue weighted by Gasteiger charge is 2.26. The average Bonchev–Trinajstić information content (AvgIpc) is 2.87. The molecule has 0 unspecified atom stereocenters. The molecule has 3 nitrogen and oxygen atoms in total. The molecule has 2 rings (SSSR count). The van der Waals surface area contributed by atoms with Crippen molar-refractivity contribution >= 4 is 9.84 Å². The molecule has 0 fully saturated rings. The molecule has 0 saturated carbocycles. The summed E-state index contributed by atoms with van der Waals surface area (Å²) in [5, 5.41) is 2.89. The highest BCUT2D eigenvalue weighted by atomic mass is 32.2. The minimum absolute atomic E-state index is 0.302. The molecule has 0 atom stereocenters. The predicted molar refractivity (Wildman–Crippen MR) is 49.6 cm³/mol. The van der Waals surface area contributed by atoms with Crippen LogP contribution >= 0.6 is 0 Å². The van der Waals surface area contributed by atoms with E-state index in [1.165, 1.54) is 6.20 Å². The summed E-state index contributed by atoms with van der Waals surface area (Å²) in [6, 6.07) is 6.81. The Hall–Kier alpha value is -1.29. The molecule has 13 heavy (non-hydrogen) atoms. The second-order valence-electron chi connectivity index (χ2n) is 2.97. The van der Waals surface area contributed by atoms with Crippen LogP contribution in [0.2, 0.25) is 0 Å².